The molecule has 8 heteroatoms. The van der Waals surface area contributed by atoms with Crippen molar-refractivity contribution in [3.05, 3.63) is 112 Å². The molecule has 5 rings (SSSR count). The average Bonchev–Trinajstić information content (AvgIpc) is 3.59. The molecule has 5 aromatic rings. The van der Waals surface area contributed by atoms with Crippen LogP contribution < -0.4 is 10.1 Å². The maximum Gasteiger partial charge on any atom is 0.261 e. The maximum absolute atomic E-state index is 13.4. The third-order valence-corrected chi connectivity index (χ3v) is 7.00. The Hall–Kier alpha value is -4.01. The van der Waals surface area contributed by atoms with Crippen molar-refractivity contribution in [1.29, 1.82) is 0 Å². The van der Waals surface area contributed by atoms with Gasteiger partial charge in [-0.3, -0.25) is 4.79 Å². The van der Waals surface area contributed by atoms with Gasteiger partial charge in [0.15, 0.2) is 0 Å². The molecule has 6 nitrogen and oxygen atoms in total. The molecule has 2 N–H and O–H groups in total. The molecule has 0 bridgehead atoms. The number of carbonyl (C=O) groups excluding carboxylic acids is 1. The second-order valence-electron chi connectivity index (χ2n) is 8.35. The average molecular weight is 502 g/mol. The van der Waals surface area contributed by atoms with E-state index < -0.39 is 6.04 Å². The molecule has 0 aliphatic heterocycles. The van der Waals surface area contributed by atoms with Crippen molar-refractivity contribution in [1.82, 2.24) is 15.1 Å². The van der Waals surface area contributed by atoms with E-state index in [4.69, 9.17) is 4.74 Å². The first kappa shape index (κ1) is 23.7. The van der Waals surface area contributed by atoms with Crippen LogP contribution in [0.3, 0.4) is 0 Å². The third kappa shape index (κ3) is 4.73. The normalized spacial score (nSPS) is 12.9. The summed E-state index contributed by atoms with van der Waals surface area (Å²) in [6.45, 7) is -0.258. The minimum absolute atomic E-state index is 0.234. The van der Waals surface area contributed by atoms with Crippen molar-refractivity contribution in [2.24, 2.45) is 0 Å². The second kappa shape index (κ2) is 10.3. The fourth-order valence-electron chi connectivity index (χ4n) is 4.41. The number of hydrogen-bond donors (Lipinski definition) is 2. The quantitative estimate of drug-likeness (QED) is 0.308. The first-order valence-electron chi connectivity index (χ1n) is 11.4. The Bertz CT molecular complexity index is 1480. The first-order valence-corrected chi connectivity index (χ1v) is 12.3. The Morgan fingerprint density at radius 3 is 2.61 bits per heavy atom. The first-order chi connectivity index (χ1) is 17.6. The molecule has 0 fully saturated rings. The number of nitrogens with one attached hydrogen (secondary N) is 1. The fraction of sp³-hybridized carbons (Fsp3) is 0.143. The van der Waals surface area contributed by atoms with Gasteiger partial charge < -0.3 is 15.2 Å². The molecule has 0 saturated heterocycles. The number of fused-ring (bicyclic) bond motifs is 1. The van der Waals surface area contributed by atoms with Crippen molar-refractivity contribution in [2.45, 2.75) is 12.0 Å². The number of ether oxygens (including phenoxy) is 1. The van der Waals surface area contributed by atoms with Gasteiger partial charge in [-0.1, -0.05) is 24.3 Å². The minimum atomic E-state index is -0.587. The van der Waals surface area contributed by atoms with Gasteiger partial charge in [0.25, 0.3) is 5.91 Å². The van der Waals surface area contributed by atoms with Crippen LogP contribution in [0.2, 0.25) is 0 Å². The molecular formula is C28H24FN3O3S. The van der Waals surface area contributed by atoms with Gasteiger partial charge in [-0.15, -0.1) is 11.3 Å². The summed E-state index contributed by atoms with van der Waals surface area (Å²) in [4.78, 5) is 13.5. The highest BCUT2D eigenvalue weighted by molar-refractivity contribution is 7.12. The summed E-state index contributed by atoms with van der Waals surface area (Å²) < 4.78 is 20.6. The predicted octanol–water partition coefficient (Wildman–Crippen LogP) is 5.16. The molecule has 0 aliphatic carbocycles. The summed E-state index contributed by atoms with van der Waals surface area (Å²) in [5, 5.41) is 20.6. The zero-order valence-corrected chi connectivity index (χ0v) is 20.3. The molecule has 0 aliphatic rings. The van der Waals surface area contributed by atoms with Crippen molar-refractivity contribution in [3.8, 4) is 11.4 Å². The van der Waals surface area contributed by atoms with Crippen LogP contribution in [0.1, 0.15) is 26.7 Å². The topological polar surface area (TPSA) is 76.4 Å². The molecule has 182 valence electrons. The molecular weight excluding hydrogens is 477 g/mol. The molecule has 0 spiro atoms. The number of thiophene rings is 1. The van der Waals surface area contributed by atoms with E-state index >= 15 is 0 Å². The lowest BCUT2D eigenvalue weighted by molar-refractivity contribution is 0.0914. The Labute approximate surface area is 211 Å². The van der Waals surface area contributed by atoms with E-state index in [0.29, 0.717) is 10.6 Å². The molecule has 0 radical (unpaired) electrons. The van der Waals surface area contributed by atoms with Crippen LogP contribution in [0.4, 0.5) is 4.39 Å². The van der Waals surface area contributed by atoms with Crippen LogP contribution in [0, 0.1) is 5.82 Å². The number of aliphatic hydroxyl groups excluding tert-OH is 1. The van der Waals surface area contributed by atoms with Crippen LogP contribution in [-0.2, 0) is 0 Å². The molecule has 1 amide bonds. The summed E-state index contributed by atoms with van der Waals surface area (Å²) in [5.74, 6) is -0.211. The molecule has 0 saturated carbocycles. The van der Waals surface area contributed by atoms with Crippen LogP contribution in [-0.4, -0.2) is 40.6 Å². The van der Waals surface area contributed by atoms with E-state index in [2.05, 4.69) is 10.4 Å². The van der Waals surface area contributed by atoms with Gasteiger partial charge in [0.2, 0.25) is 0 Å². The Morgan fingerprint density at radius 2 is 1.89 bits per heavy atom. The van der Waals surface area contributed by atoms with Crippen molar-refractivity contribution in [2.75, 3.05) is 13.7 Å². The lowest BCUT2D eigenvalue weighted by Crippen LogP contribution is -2.42. The van der Waals surface area contributed by atoms with E-state index in [9.17, 15) is 14.3 Å². The Balaban J connectivity index is 1.56. The maximum atomic E-state index is 13.4. The van der Waals surface area contributed by atoms with Crippen molar-refractivity contribution < 1.29 is 19.0 Å². The monoisotopic (exact) mass is 501 g/mol. The van der Waals surface area contributed by atoms with Crippen LogP contribution in [0.25, 0.3) is 16.6 Å². The fourth-order valence-corrected chi connectivity index (χ4v) is 5.03. The molecule has 3 aromatic carbocycles. The highest BCUT2D eigenvalue weighted by Crippen LogP contribution is 2.33. The molecule has 2 atom stereocenters. The van der Waals surface area contributed by atoms with Crippen molar-refractivity contribution >= 4 is 28.1 Å². The van der Waals surface area contributed by atoms with Crippen molar-refractivity contribution in [3.63, 3.8) is 0 Å². The van der Waals surface area contributed by atoms with E-state index in [1.54, 1.807) is 36.2 Å². The van der Waals surface area contributed by atoms with Gasteiger partial charge in [0, 0.05) is 11.3 Å². The Kier molecular flexibility index (Phi) is 6.79. The number of nitrogens with zero attached hydrogens (tertiary/aromatic N) is 2. The summed E-state index contributed by atoms with van der Waals surface area (Å²) in [7, 11) is 1.60. The van der Waals surface area contributed by atoms with Gasteiger partial charge in [-0.05, 0) is 71.1 Å². The zero-order chi connectivity index (χ0) is 25.1. The van der Waals surface area contributed by atoms with Gasteiger partial charge in [0.05, 0.1) is 42.0 Å². The number of aliphatic hydroxyl groups is 1. The smallest absolute Gasteiger partial charge is 0.261 e. The SMILES string of the molecule is COc1cccc([C@@H](c2ccc3c(cnn3-c3ccc(F)cc3)c2)[C@@H](CO)NC(=O)c2cccs2)c1. The number of carbonyl (C=O) groups is 1. The highest BCUT2D eigenvalue weighted by Gasteiger charge is 2.28. The third-order valence-electron chi connectivity index (χ3n) is 6.14. The van der Waals surface area contributed by atoms with E-state index in [1.165, 1.54) is 23.5 Å². The van der Waals surface area contributed by atoms with E-state index in [0.717, 1.165) is 27.7 Å². The molecule has 2 heterocycles. The number of hydrogen-bond acceptors (Lipinski definition) is 5. The summed E-state index contributed by atoms with van der Waals surface area (Å²) in [5.41, 5.74) is 3.41. The molecule has 36 heavy (non-hydrogen) atoms. The lowest BCUT2D eigenvalue weighted by atomic mass is 9.84. The number of halogens is 1. The number of benzene rings is 3. The van der Waals surface area contributed by atoms with Gasteiger partial charge >= 0.3 is 0 Å². The van der Waals surface area contributed by atoms with Gasteiger partial charge in [-0.25, -0.2) is 9.07 Å². The summed E-state index contributed by atoms with van der Waals surface area (Å²) in [6, 6.07) is 22.7. The van der Waals surface area contributed by atoms with Crippen LogP contribution >= 0.6 is 11.3 Å². The standard InChI is InChI=1S/C28H24FN3O3S/c1-35-23-5-2-4-18(15-23)27(24(17-33)31-28(34)26-6-3-13-36-26)19-7-12-25-20(14-19)16-30-32(25)22-10-8-21(29)9-11-22/h2-16,24,27,33H,17H2,1H3,(H,31,34)/t24-,27+/m1/s1. The predicted molar refractivity (Wildman–Crippen MR) is 139 cm³/mol. The largest absolute Gasteiger partial charge is 0.497 e. The van der Waals surface area contributed by atoms with Crippen LogP contribution in [0.15, 0.2) is 90.4 Å². The van der Waals surface area contributed by atoms with E-state index in [1.807, 2.05) is 53.9 Å². The number of aromatic nitrogens is 2. The summed E-state index contributed by atoms with van der Waals surface area (Å²) >= 11 is 1.35. The second-order valence-corrected chi connectivity index (χ2v) is 9.29. The highest BCUT2D eigenvalue weighted by atomic mass is 32.1. The Morgan fingerprint density at radius 1 is 1.08 bits per heavy atom. The minimum Gasteiger partial charge on any atom is -0.497 e. The van der Waals surface area contributed by atoms with E-state index in [-0.39, 0.29) is 24.2 Å². The summed E-state index contributed by atoms with van der Waals surface area (Å²) in [6.07, 6.45) is 1.75. The lowest BCUT2D eigenvalue weighted by Gasteiger charge is -2.28. The number of rotatable bonds is 8. The van der Waals surface area contributed by atoms with Crippen LogP contribution in [0.5, 0.6) is 5.75 Å². The molecule has 0 unspecified atom stereocenters. The number of methoxy groups -OCH3 is 1. The van der Waals surface area contributed by atoms with Gasteiger partial charge in [-0.2, -0.15) is 5.10 Å². The number of amides is 1. The zero-order valence-electron chi connectivity index (χ0n) is 19.5. The molecule has 2 aromatic heterocycles. The van der Waals surface area contributed by atoms with Gasteiger partial charge in [0.1, 0.15) is 11.6 Å².